The highest BCUT2D eigenvalue weighted by molar-refractivity contribution is 6.31. The molecule has 4 heteroatoms. The van der Waals surface area contributed by atoms with Gasteiger partial charge in [-0.25, -0.2) is 4.98 Å². The van der Waals surface area contributed by atoms with Crippen LogP contribution in [0.5, 0.6) is 0 Å². The highest BCUT2D eigenvalue weighted by Crippen LogP contribution is 2.36. The lowest BCUT2D eigenvalue weighted by Gasteiger charge is -2.34. The molecule has 2 heterocycles. The molecule has 0 atom stereocenters. The molecule has 1 N–H and O–H groups in total. The van der Waals surface area contributed by atoms with E-state index in [2.05, 4.69) is 30.7 Å². The van der Waals surface area contributed by atoms with Crippen LogP contribution in [0.1, 0.15) is 45.5 Å². The van der Waals surface area contributed by atoms with Gasteiger partial charge in [0.15, 0.2) is 0 Å². The minimum atomic E-state index is 0.154. The van der Waals surface area contributed by atoms with Crippen LogP contribution in [0.25, 0.3) is 11.0 Å². The van der Waals surface area contributed by atoms with Crippen molar-refractivity contribution in [2.24, 2.45) is 0 Å². The molecule has 1 saturated heterocycles. The first-order valence-corrected chi connectivity index (χ1v) is 7.78. The van der Waals surface area contributed by atoms with Crippen LogP contribution in [0.3, 0.4) is 0 Å². The number of fused-ring (bicyclic) bond motifs is 1. The Hall–Kier alpha value is -1.06. The standard InChI is InChI=1S/C16H22ClN3/c1-11(2)20-14-10-12(17)4-5-13(14)19-15(20)16(3)6-8-18-9-7-16/h4-5,10-11,18H,6-9H2,1-3H3. The Balaban J connectivity index is 2.21. The quantitative estimate of drug-likeness (QED) is 0.909. The number of nitrogens with one attached hydrogen (secondary N) is 1. The molecule has 1 fully saturated rings. The summed E-state index contributed by atoms with van der Waals surface area (Å²) < 4.78 is 2.37. The van der Waals surface area contributed by atoms with Crippen molar-refractivity contribution in [2.45, 2.75) is 45.1 Å². The summed E-state index contributed by atoms with van der Waals surface area (Å²) in [6, 6.07) is 6.39. The van der Waals surface area contributed by atoms with Gasteiger partial charge in [-0.05, 0) is 58.0 Å². The summed E-state index contributed by atoms with van der Waals surface area (Å²) in [5.41, 5.74) is 2.36. The monoisotopic (exact) mass is 291 g/mol. The second-order valence-corrected chi connectivity index (χ2v) is 6.78. The fraction of sp³-hybridized carbons (Fsp3) is 0.562. The lowest BCUT2D eigenvalue weighted by atomic mass is 9.80. The van der Waals surface area contributed by atoms with Gasteiger partial charge >= 0.3 is 0 Å². The van der Waals surface area contributed by atoms with E-state index in [-0.39, 0.29) is 5.41 Å². The van der Waals surface area contributed by atoms with Crippen LogP contribution < -0.4 is 5.32 Å². The third-order valence-corrected chi connectivity index (χ3v) is 4.65. The Morgan fingerprint density at radius 1 is 1.30 bits per heavy atom. The number of benzene rings is 1. The number of piperidine rings is 1. The van der Waals surface area contributed by atoms with Crippen molar-refractivity contribution in [3.8, 4) is 0 Å². The molecule has 0 radical (unpaired) electrons. The number of halogens is 1. The van der Waals surface area contributed by atoms with Gasteiger partial charge in [0.05, 0.1) is 11.0 Å². The Morgan fingerprint density at radius 3 is 2.65 bits per heavy atom. The average molecular weight is 292 g/mol. The van der Waals surface area contributed by atoms with Crippen LogP contribution in [0.4, 0.5) is 0 Å². The molecule has 1 aliphatic rings. The molecule has 2 aromatic rings. The molecule has 0 saturated carbocycles. The summed E-state index contributed by atoms with van der Waals surface area (Å²) in [5, 5.41) is 4.22. The average Bonchev–Trinajstić information content (AvgIpc) is 2.79. The highest BCUT2D eigenvalue weighted by atomic mass is 35.5. The number of rotatable bonds is 2. The van der Waals surface area contributed by atoms with Gasteiger partial charge in [-0.1, -0.05) is 18.5 Å². The molecule has 0 aliphatic carbocycles. The Bertz CT molecular complexity index is 624. The van der Waals surface area contributed by atoms with Crippen LogP contribution in [0.2, 0.25) is 5.02 Å². The maximum Gasteiger partial charge on any atom is 0.116 e. The molecule has 0 amide bonds. The number of aromatic nitrogens is 2. The summed E-state index contributed by atoms with van der Waals surface area (Å²) in [6.07, 6.45) is 2.27. The van der Waals surface area contributed by atoms with E-state index >= 15 is 0 Å². The van der Waals surface area contributed by atoms with Gasteiger partial charge in [0.1, 0.15) is 5.82 Å². The van der Waals surface area contributed by atoms with Gasteiger partial charge in [0, 0.05) is 16.5 Å². The molecule has 0 unspecified atom stereocenters. The van der Waals surface area contributed by atoms with Crippen molar-refractivity contribution < 1.29 is 0 Å². The van der Waals surface area contributed by atoms with Crippen LogP contribution in [-0.4, -0.2) is 22.6 Å². The second-order valence-electron chi connectivity index (χ2n) is 6.34. The van der Waals surface area contributed by atoms with Gasteiger partial charge in [-0.15, -0.1) is 0 Å². The predicted molar refractivity (Wildman–Crippen MR) is 84.6 cm³/mol. The fourth-order valence-corrected chi connectivity index (χ4v) is 3.38. The smallest absolute Gasteiger partial charge is 0.116 e. The van der Waals surface area contributed by atoms with E-state index in [0.717, 1.165) is 42.0 Å². The zero-order chi connectivity index (χ0) is 14.3. The zero-order valence-electron chi connectivity index (χ0n) is 12.4. The van der Waals surface area contributed by atoms with Crippen molar-refractivity contribution >= 4 is 22.6 Å². The summed E-state index contributed by atoms with van der Waals surface area (Å²) in [6.45, 7) is 8.92. The molecule has 108 valence electrons. The summed E-state index contributed by atoms with van der Waals surface area (Å²) in [7, 11) is 0. The predicted octanol–water partition coefficient (Wildman–Crippen LogP) is 3.91. The molecule has 0 bridgehead atoms. The van der Waals surface area contributed by atoms with Gasteiger partial charge < -0.3 is 9.88 Å². The summed E-state index contributed by atoms with van der Waals surface area (Å²) in [4.78, 5) is 4.95. The van der Waals surface area contributed by atoms with Gasteiger partial charge in [0.2, 0.25) is 0 Å². The third-order valence-electron chi connectivity index (χ3n) is 4.41. The lowest BCUT2D eigenvalue weighted by molar-refractivity contribution is 0.305. The normalized spacial score (nSPS) is 18.9. The van der Waals surface area contributed by atoms with E-state index < -0.39 is 0 Å². The van der Waals surface area contributed by atoms with E-state index in [9.17, 15) is 0 Å². The van der Waals surface area contributed by atoms with Crippen molar-refractivity contribution in [3.63, 3.8) is 0 Å². The molecule has 1 aromatic heterocycles. The Morgan fingerprint density at radius 2 is 2.00 bits per heavy atom. The molecule has 1 aliphatic heterocycles. The number of hydrogen-bond acceptors (Lipinski definition) is 2. The molecule has 3 rings (SSSR count). The summed E-state index contributed by atoms with van der Waals surface area (Å²) >= 11 is 6.17. The third kappa shape index (κ3) is 2.23. The number of imidazole rings is 1. The zero-order valence-corrected chi connectivity index (χ0v) is 13.2. The van der Waals surface area contributed by atoms with Crippen LogP contribution in [0.15, 0.2) is 18.2 Å². The number of nitrogens with zero attached hydrogens (tertiary/aromatic N) is 2. The SMILES string of the molecule is CC(C)n1c(C2(C)CCNCC2)nc2ccc(Cl)cc21. The molecule has 0 spiro atoms. The van der Waals surface area contributed by atoms with Gasteiger partial charge in [-0.3, -0.25) is 0 Å². The first-order valence-electron chi connectivity index (χ1n) is 7.40. The van der Waals surface area contributed by atoms with E-state index in [4.69, 9.17) is 16.6 Å². The molecule has 20 heavy (non-hydrogen) atoms. The van der Waals surface area contributed by atoms with Crippen LogP contribution in [-0.2, 0) is 5.41 Å². The first-order chi connectivity index (χ1) is 9.51. The first kappa shape index (κ1) is 13.9. The Kier molecular flexibility index (Phi) is 3.51. The maximum absolute atomic E-state index is 6.17. The van der Waals surface area contributed by atoms with Gasteiger partial charge in [-0.2, -0.15) is 0 Å². The fourth-order valence-electron chi connectivity index (χ4n) is 3.22. The lowest BCUT2D eigenvalue weighted by Crippen LogP contribution is -2.39. The summed E-state index contributed by atoms with van der Waals surface area (Å²) in [5.74, 6) is 1.21. The minimum Gasteiger partial charge on any atom is -0.325 e. The van der Waals surface area contributed by atoms with Crippen LogP contribution >= 0.6 is 11.6 Å². The van der Waals surface area contributed by atoms with E-state index in [0.29, 0.717) is 6.04 Å². The molecule has 3 nitrogen and oxygen atoms in total. The minimum absolute atomic E-state index is 0.154. The topological polar surface area (TPSA) is 29.9 Å². The Labute approximate surface area is 125 Å². The van der Waals surface area contributed by atoms with E-state index in [1.165, 1.54) is 5.82 Å². The van der Waals surface area contributed by atoms with E-state index in [1.54, 1.807) is 0 Å². The second kappa shape index (κ2) is 5.05. The molecular weight excluding hydrogens is 270 g/mol. The maximum atomic E-state index is 6.17. The highest BCUT2D eigenvalue weighted by Gasteiger charge is 2.34. The van der Waals surface area contributed by atoms with E-state index in [1.807, 2.05) is 18.2 Å². The van der Waals surface area contributed by atoms with Crippen LogP contribution in [0, 0.1) is 0 Å². The largest absolute Gasteiger partial charge is 0.325 e. The van der Waals surface area contributed by atoms with Crippen molar-refractivity contribution in [1.29, 1.82) is 0 Å². The van der Waals surface area contributed by atoms with Crippen molar-refractivity contribution in [1.82, 2.24) is 14.9 Å². The molecular formula is C16H22ClN3. The number of hydrogen-bond donors (Lipinski definition) is 1. The van der Waals surface area contributed by atoms with Crippen molar-refractivity contribution in [3.05, 3.63) is 29.0 Å². The van der Waals surface area contributed by atoms with Crippen molar-refractivity contribution in [2.75, 3.05) is 13.1 Å². The molecule has 1 aromatic carbocycles. The van der Waals surface area contributed by atoms with Gasteiger partial charge in [0.25, 0.3) is 0 Å².